The molecule has 2 aromatic rings. The van der Waals surface area contributed by atoms with Crippen molar-refractivity contribution in [1.29, 1.82) is 0 Å². The van der Waals surface area contributed by atoms with Gasteiger partial charge in [0.15, 0.2) is 0 Å². The number of rotatable bonds is 6. The summed E-state index contributed by atoms with van der Waals surface area (Å²) in [5.41, 5.74) is -0.712. The highest BCUT2D eigenvalue weighted by Crippen LogP contribution is 2.34. The number of carbonyl (C=O) groups excluding carboxylic acids is 2. The Morgan fingerprint density at radius 1 is 1.21 bits per heavy atom. The smallest absolute Gasteiger partial charge is 0.325 e. The molecule has 1 N–H and O–H groups in total. The summed E-state index contributed by atoms with van der Waals surface area (Å²) in [7, 11) is 1.39. The molecule has 0 radical (unpaired) electrons. The van der Waals surface area contributed by atoms with Gasteiger partial charge in [-0.1, -0.05) is 19.1 Å². The number of nitrogens with one attached hydrogen (secondary N) is 1. The summed E-state index contributed by atoms with van der Waals surface area (Å²) in [4.78, 5) is 37.2. The van der Waals surface area contributed by atoms with Gasteiger partial charge in [0.2, 0.25) is 0 Å². The van der Waals surface area contributed by atoms with Gasteiger partial charge in [0.25, 0.3) is 11.6 Å². The first-order valence-corrected chi connectivity index (χ1v) is 8.54. The van der Waals surface area contributed by atoms with Crippen LogP contribution in [0.15, 0.2) is 42.5 Å². The number of benzene rings is 2. The zero-order chi connectivity index (χ0) is 20.5. The van der Waals surface area contributed by atoms with Crippen molar-refractivity contribution in [2.75, 3.05) is 7.11 Å². The number of nitro groups is 1. The number of nitro benzene ring substituents is 1. The Morgan fingerprint density at radius 2 is 1.89 bits per heavy atom. The molecule has 0 aromatic heterocycles. The molecule has 0 saturated carbocycles. The minimum atomic E-state index is -1.32. The van der Waals surface area contributed by atoms with Crippen LogP contribution in [0.1, 0.15) is 24.5 Å². The highest BCUT2D eigenvalue weighted by atomic mass is 19.1. The molecule has 1 heterocycles. The van der Waals surface area contributed by atoms with Crippen LogP contribution in [-0.2, 0) is 16.9 Å². The zero-order valence-corrected chi connectivity index (χ0v) is 15.3. The molecule has 0 spiro atoms. The van der Waals surface area contributed by atoms with Crippen LogP contribution in [0.5, 0.6) is 5.75 Å². The maximum absolute atomic E-state index is 13.3. The number of nitrogens with zero attached hydrogens (tertiary/aromatic N) is 2. The van der Waals surface area contributed by atoms with Crippen molar-refractivity contribution >= 4 is 17.6 Å². The lowest BCUT2D eigenvalue weighted by Crippen LogP contribution is -2.43. The van der Waals surface area contributed by atoms with Gasteiger partial charge >= 0.3 is 6.03 Å². The van der Waals surface area contributed by atoms with Gasteiger partial charge in [-0.05, 0) is 30.2 Å². The summed E-state index contributed by atoms with van der Waals surface area (Å²) < 4.78 is 18.5. The van der Waals surface area contributed by atoms with Gasteiger partial charge in [0, 0.05) is 17.7 Å². The highest BCUT2D eigenvalue weighted by Gasteiger charge is 2.51. The fourth-order valence-corrected chi connectivity index (χ4v) is 3.32. The number of ether oxygens (including phenoxy) is 1. The maximum atomic E-state index is 13.3. The van der Waals surface area contributed by atoms with Gasteiger partial charge in [0.1, 0.15) is 17.1 Å². The molecule has 1 saturated heterocycles. The number of methoxy groups -OCH3 is 1. The summed E-state index contributed by atoms with van der Waals surface area (Å²) in [6, 6.07) is 8.68. The number of hydrogen-bond donors (Lipinski definition) is 1. The number of amides is 3. The maximum Gasteiger partial charge on any atom is 0.325 e. The fraction of sp³-hybridized carbons (Fsp3) is 0.263. The van der Waals surface area contributed by atoms with Crippen molar-refractivity contribution in [3.8, 4) is 5.75 Å². The number of imide groups is 1. The lowest BCUT2D eigenvalue weighted by molar-refractivity contribution is -0.384. The monoisotopic (exact) mass is 387 g/mol. The molecule has 9 heteroatoms. The van der Waals surface area contributed by atoms with Crippen LogP contribution >= 0.6 is 0 Å². The molecule has 146 valence electrons. The third-order valence-electron chi connectivity index (χ3n) is 4.85. The molecule has 3 rings (SSSR count). The Kier molecular flexibility index (Phi) is 5.00. The first-order valence-electron chi connectivity index (χ1n) is 8.54. The minimum Gasteiger partial charge on any atom is -0.496 e. The molecule has 1 fully saturated rings. The largest absolute Gasteiger partial charge is 0.496 e. The summed E-state index contributed by atoms with van der Waals surface area (Å²) in [6.07, 6.45) is 0.256. The number of halogens is 1. The molecule has 28 heavy (non-hydrogen) atoms. The summed E-state index contributed by atoms with van der Waals surface area (Å²) in [6.45, 7) is 1.54. The lowest BCUT2D eigenvalue weighted by atomic mass is 9.87. The van der Waals surface area contributed by atoms with Crippen molar-refractivity contribution in [3.05, 3.63) is 69.5 Å². The third kappa shape index (κ3) is 3.15. The van der Waals surface area contributed by atoms with Crippen molar-refractivity contribution < 1.29 is 23.6 Å². The first-order chi connectivity index (χ1) is 13.3. The normalized spacial score (nSPS) is 18.9. The molecule has 1 atom stereocenters. The molecule has 0 aliphatic carbocycles. The third-order valence-corrected chi connectivity index (χ3v) is 4.85. The Morgan fingerprint density at radius 3 is 2.46 bits per heavy atom. The predicted molar refractivity (Wildman–Crippen MR) is 97.1 cm³/mol. The zero-order valence-electron chi connectivity index (χ0n) is 15.3. The van der Waals surface area contributed by atoms with E-state index in [1.54, 1.807) is 6.92 Å². The van der Waals surface area contributed by atoms with E-state index >= 15 is 0 Å². The van der Waals surface area contributed by atoms with Crippen LogP contribution in [0, 0.1) is 15.9 Å². The van der Waals surface area contributed by atoms with Crippen molar-refractivity contribution in [3.63, 3.8) is 0 Å². The second-order valence-corrected chi connectivity index (χ2v) is 6.34. The molecule has 8 nitrogen and oxygen atoms in total. The molecule has 1 unspecified atom stereocenters. The molecule has 3 amide bonds. The standard InChI is InChI=1S/C19H18FN3O5/c1-3-19(13-4-6-14(20)7-5-13)17(24)22(18(25)21-19)11-12-10-15(23(26)27)8-9-16(12)28-2/h4-10H,3,11H2,1-2H3,(H,21,25). The summed E-state index contributed by atoms with van der Waals surface area (Å²) in [5, 5.41) is 13.7. The van der Waals surface area contributed by atoms with Gasteiger partial charge in [-0.3, -0.25) is 19.8 Å². The fourth-order valence-electron chi connectivity index (χ4n) is 3.32. The highest BCUT2D eigenvalue weighted by molar-refractivity contribution is 6.07. The molecular weight excluding hydrogens is 369 g/mol. The Bertz CT molecular complexity index is 947. The van der Waals surface area contributed by atoms with E-state index in [0.717, 1.165) is 4.90 Å². The van der Waals surface area contributed by atoms with E-state index < -0.39 is 28.2 Å². The van der Waals surface area contributed by atoms with Crippen molar-refractivity contribution in [2.24, 2.45) is 0 Å². The van der Waals surface area contributed by atoms with E-state index in [1.807, 2.05) is 0 Å². The minimum absolute atomic E-state index is 0.178. The van der Waals surface area contributed by atoms with Gasteiger partial charge in [-0.15, -0.1) is 0 Å². The topological polar surface area (TPSA) is 102 Å². The van der Waals surface area contributed by atoms with E-state index in [2.05, 4.69) is 5.32 Å². The van der Waals surface area contributed by atoms with Crippen LogP contribution in [0.2, 0.25) is 0 Å². The Balaban J connectivity index is 1.97. The van der Waals surface area contributed by atoms with Crippen LogP contribution in [-0.4, -0.2) is 28.9 Å². The number of carbonyl (C=O) groups is 2. The molecule has 1 aliphatic heterocycles. The van der Waals surface area contributed by atoms with E-state index in [0.29, 0.717) is 16.9 Å². The second-order valence-electron chi connectivity index (χ2n) is 6.34. The molecule has 0 bridgehead atoms. The predicted octanol–water partition coefficient (Wildman–Crippen LogP) is 3.10. The van der Waals surface area contributed by atoms with Crippen molar-refractivity contribution in [2.45, 2.75) is 25.4 Å². The van der Waals surface area contributed by atoms with Gasteiger partial charge in [0.05, 0.1) is 18.6 Å². The van der Waals surface area contributed by atoms with Crippen LogP contribution in [0.25, 0.3) is 0 Å². The van der Waals surface area contributed by atoms with Crippen LogP contribution < -0.4 is 10.1 Å². The van der Waals surface area contributed by atoms with Crippen LogP contribution in [0.4, 0.5) is 14.9 Å². The number of non-ortho nitro benzene ring substituents is 1. The quantitative estimate of drug-likeness (QED) is 0.466. The number of hydrogen-bond acceptors (Lipinski definition) is 5. The average molecular weight is 387 g/mol. The molecular formula is C19H18FN3O5. The van der Waals surface area contributed by atoms with Gasteiger partial charge in [-0.2, -0.15) is 0 Å². The van der Waals surface area contributed by atoms with Gasteiger partial charge < -0.3 is 10.1 Å². The first kappa shape index (κ1) is 19.3. The Labute approximate surface area is 160 Å². The van der Waals surface area contributed by atoms with E-state index in [9.17, 15) is 24.1 Å². The van der Waals surface area contributed by atoms with E-state index in [4.69, 9.17) is 4.74 Å². The van der Waals surface area contributed by atoms with Crippen molar-refractivity contribution in [1.82, 2.24) is 10.2 Å². The van der Waals surface area contributed by atoms with E-state index in [1.165, 1.54) is 49.6 Å². The molecule has 2 aromatic carbocycles. The number of urea groups is 1. The van der Waals surface area contributed by atoms with E-state index in [-0.39, 0.29) is 18.7 Å². The lowest BCUT2D eigenvalue weighted by Gasteiger charge is -2.26. The molecule has 1 aliphatic rings. The van der Waals surface area contributed by atoms with Crippen LogP contribution in [0.3, 0.4) is 0 Å². The summed E-state index contributed by atoms with van der Waals surface area (Å²) in [5.74, 6) is -0.646. The second kappa shape index (κ2) is 7.26. The Hall–Kier alpha value is -3.49. The van der Waals surface area contributed by atoms with Gasteiger partial charge in [-0.25, -0.2) is 9.18 Å². The SMILES string of the molecule is CCC1(c2ccc(F)cc2)NC(=O)N(Cc2cc([N+](=O)[O-])ccc2OC)C1=O. The average Bonchev–Trinajstić information content (AvgIpc) is 2.93. The summed E-state index contributed by atoms with van der Waals surface area (Å²) >= 11 is 0.